The molecule has 4 amide bonds. The number of benzene rings is 4. The van der Waals surface area contributed by atoms with Crippen molar-refractivity contribution in [2.75, 3.05) is 13.7 Å². The molecule has 271 valence electrons. The molecule has 2 unspecified atom stereocenters. The summed E-state index contributed by atoms with van der Waals surface area (Å²) in [5.41, 5.74) is 3.03. The predicted molar refractivity (Wildman–Crippen MR) is 204 cm³/mol. The molecule has 53 heavy (non-hydrogen) atoms. The van der Waals surface area contributed by atoms with E-state index in [9.17, 15) is 24.0 Å². The van der Waals surface area contributed by atoms with E-state index in [0.29, 0.717) is 35.1 Å². The summed E-state index contributed by atoms with van der Waals surface area (Å²) < 4.78 is 18.5. The van der Waals surface area contributed by atoms with Gasteiger partial charge in [-0.25, -0.2) is 0 Å². The van der Waals surface area contributed by atoms with Gasteiger partial charge in [-0.05, 0) is 99.7 Å². The van der Waals surface area contributed by atoms with Gasteiger partial charge in [-0.1, -0.05) is 64.5 Å². The van der Waals surface area contributed by atoms with Crippen molar-refractivity contribution in [1.82, 2.24) is 10.2 Å². The van der Waals surface area contributed by atoms with Gasteiger partial charge >= 0.3 is 5.97 Å². The molecule has 4 aromatic rings. The number of nitrogens with one attached hydrogen (secondary N) is 1. The van der Waals surface area contributed by atoms with Crippen LogP contribution in [0.25, 0.3) is 0 Å². The van der Waals surface area contributed by atoms with Crippen LogP contribution in [-0.2, 0) is 27.3 Å². The van der Waals surface area contributed by atoms with Gasteiger partial charge in [0, 0.05) is 62.4 Å². The number of nitrogens with zero attached hydrogens (tertiary/aromatic N) is 1. The Morgan fingerprint density at radius 2 is 1.25 bits per heavy atom. The van der Waals surface area contributed by atoms with Crippen molar-refractivity contribution in [1.29, 1.82) is 0 Å². The second-order valence-corrected chi connectivity index (χ2v) is 14.3. The fourth-order valence-corrected chi connectivity index (χ4v) is 6.21. The van der Waals surface area contributed by atoms with E-state index in [0.717, 1.165) is 21.3 Å². The van der Waals surface area contributed by atoms with Gasteiger partial charge < -0.3 is 14.2 Å². The first kappa shape index (κ1) is 42.3. The van der Waals surface area contributed by atoms with E-state index >= 15 is 0 Å². The smallest absolute Gasteiger partial charge is 0.312 e. The Hall–Kier alpha value is -3.49. The van der Waals surface area contributed by atoms with Gasteiger partial charge in [-0.3, -0.25) is 34.2 Å². The maximum absolute atomic E-state index is 13.6. The number of ether oxygens (including phenoxy) is 3. The molecule has 0 aromatic heterocycles. The number of methoxy groups -OCH3 is 1. The van der Waals surface area contributed by atoms with Gasteiger partial charge in [-0.2, -0.15) is 0 Å². The first-order chi connectivity index (χ1) is 24.8. The van der Waals surface area contributed by atoms with E-state index in [4.69, 9.17) is 14.2 Å². The number of carbonyl (C=O) groups excluding carboxylic acids is 5. The molecule has 12 heteroatoms. The van der Waals surface area contributed by atoms with Gasteiger partial charge in [0.1, 0.15) is 11.4 Å². The van der Waals surface area contributed by atoms with E-state index in [1.165, 1.54) is 4.90 Å². The Morgan fingerprint density at radius 1 is 0.736 bits per heavy atom. The van der Waals surface area contributed by atoms with Crippen LogP contribution in [0, 0.1) is 5.92 Å². The summed E-state index contributed by atoms with van der Waals surface area (Å²) in [7, 11) is 1.61. The minimum Gasteiger partial charge on any atom is -0.497 e. The Bertz CT molecular complexity index is 1870. The molecule has 0 fully saturated rings. The van der Waals surface area contributed by atoms with Gasteiger partial charge in [0.25, 0.3) is 23.6 Å². The summed E-state index contributed by atoms with van der Waals surface area (Å²) in [5.74, 6) is -1.67. The molecule has 2 atom stereocenters. The van der Waals surface area contributed by atoms with Crippen LogP contribution in [0.15, 0.2) is 102 Å². The van der Waals surface area contributed by atoms with Crippen LogP contribution < -0.4 is 10.1 Å². The molecule has 10 nitrogen and oxygen atoms in total. The predicted octanol–water partition coefficient (Wildman–Crippen LogP) is 6.81. The van der Waals surface area contributed by atoms with Gasteiger partial charge in [0.2, 0.25) is 0 Å². The SMILES string of the molecule is COc1ccc(COC(CCc2ccc(Br)cc2)C(CCN2C(=O)c3ccccc3C2=O)C(=O)OC(C)(C)C)cc1.O=C1NC(=O)c2ccccc21.[K]. The number of aryl methyl sites for hydroxylation is 1. The largest absolute Gasteiger partial charge is 0.497 e. The molecule has 0 saturated carbocycles. The molecule has 0 bridgehead atoms. The van der Waals surface area contributed by atoms with E-state index in [1.807, 2.05) is 69.3 Å². The summed E-state index contributed by atoms with van der Waals surface area (Å²) in [6.45, 7) is 5.82. The Labute approximate surface area is 360 Å². The molecule has 2 heterocycles. The van der Waals surface area contributed by atoms with Crippen LogP contribution >= 0.6 is 15.9 Å². The standard InChI is InChI=1S/C33H36BrNO6.C8H5NO2.K/c1-33(2,3)41-32(38)28(19-20-35-30(36)26-7-5-6-8-27(26)31(35)37)29(18-13-22-9-14-24(34)15-10-22)40-21-23-11-16-25(39-4)17-12-23;10-7-5-3-1-2-4-6(5)8(11)9-7;/h5-12,14-17,28-29H,13,18-21H2,1-4H3;1-4H,(H,9,10,11);. The average molecular weight is 809 g/mol. The fraction of sp³-hybridized carbons (Fsp3) is 0.293. The van der Waals surface area contributed by atoms with E-state index < -0.39 is 23.6 Å². The number of halogens is 1. The second kappa shape index (κ2) is 19.2. The summed E-state index contributed by atoms with van der Waals surface area (Å²) in [5, 5.41) is 2.20. The molecular weight excluding hydrogens is 767 g/mol. The van der Waals surface area contributed by atoms with Crippen LogP contribution in [0.5, 0.6) is 5.75 Å². The normalized spacial score (nSPS) is 14.2. The number of fused-ring (bicyclic) bond motifs is 2. The van der Waals surface area contributed by atoms with Crippen LogP contribution in [0.4, 0.5) is 0 Å². The second-order valence-electron chi connectivity index (χ2n) is 13.4. The van der Waals surface area contributed by atoms with E-state index in [-0.39, 0.29) is 94.6 Å². The van der Waals surface area contributed by atoms with Crippen molar-refractivity contribution in [2.45, 2.75) is 58.3 Å². The van der Waals surface area contributed by atoms with Crippen LogP contribution in [0.2, 0.25) is 0 Å². The maximum atomic E-state index is 13.6. The number of rotatable bonds is 12. The molecule has 0 spiro atoms. The first-order valence-electron chi connectivity index (χ1n) is 17.0. The molecule has 0 aliphatic carbocycles. The Balaban J connectivity index is 0.000000443. The monoisotopic (exact) mass is 807 g/mol. The zero-order valence-electron chi connectivity index (χ0n) is 30.5. The van der Waals surface area contributed by atoms with Crippen molar-refractivity contribution in [2.24, 2.45) is 5.92 Å². The third kappa shape index (κ3) is 11.3. The molecule has 1 N–H and O–H groups in total. The number of imide groups is 2. The number of hydrogen-bond acceptors (Lipinski definition) is 8. The summed E-state index contributed by atoms with van der Waals surface area (Å²) in [6.07, 6.45) is 0.913. The molecular formula is C41H41BrKN2O8. The summed E-state index contributed by atoms with van der Waals surface area (Å²) in [6, 6.07) is 29.1. The minimum absolute atomic E-state index is 0. The topological polar surface area (TPSA) is 128 Å². The van der Waals surface area contributed by atoms with Crippen LogP contribution in [-0.4, -0.2) is 111 Å². The van der Waals surface area contributed by atoms with Crippen molar-refractivity contribution in [3.8, 4) is 5.75 Å². The molecule has 1 radical (unpaired) electrons. The van der Waals surface area contributed by atoms with E-state index in [1.54, 1.807) is 55.6 Å². The number of carbonyl (C=O) groups is 5. The minimum atomic E-state index is -0.711. The van der Waals surface area contributed by atoms with Gasteiger partial charge in [-0.15, -0.1) is 0 Å². The zero-order chi connectivity index (χ0) is 37.4. The molecule has 6 rings (SSSR count). The fourth-order valence-electron chi connectivity index (χ4n) is 5.95. The van der Waals surface area contributed by atoms with Crippen molar-refractivity contribution in [3.63, 3.8) is 0 Å². The molecule has 2 aliphatic rings. The first-order valence-corrected chi connectivity index (χ1v) is 17.8. The average Bonchev–Trinajstić information content (AvgIpc) is 3.56. The number of amides is 4. The molecule has 0 saturated heterocycles. The zero-order valence-corrected chi connectivity index (χ0v) is 35.2. The number of esters is 1. The Morgan fingerprint density at radius 3 is 1.75 bits per heavy atom. The molecule has 2 aliphatic heterocycles. The number of hydrogen-bond donors (Lipinski definition) is 1. The van der Waals surface area contributed by atoms with Crippen LogP contribution in [0.1, 0.15) is 86.2 Å². The summed E-state index contributed by atoms with van der Waals surface area (Å²) in [4.78, 5) is 62.8. The summed E-state index contributed by atoms with van der Waals surface area (Å²) >= 11 is 3.48. The third-order valence-corrected chi connectivity index (χ3v) is 9.13. The Kier molecular flexibility index (Phi) is 15.3. The molecule has 4 aromatic carbocycles. The quantitative estimate of drug-likeness (QED) is 0.0940. The van der Waals surface area contributed by atoms with Crippen molar-refractivity contribution in [3.05, 3.63) is 135 Å². The maximum Gasteiger partial charge on any atom is 0.312 e. The third-order valence-electron chi connectivity index (χ3n) is 8.60. The van der Waals surface area contributed by atoms with Gasteiger partial charge in [0.15, 0.2) is 0 Å². The van der Waals surface area contributed by atoms with Gasteiger partial charge in [0.05, 0.1) is 48.0 Å². The van der Waals surface area contributed by atoms with E-state index in [2.05, 4.69) is 21.2 Å². The van der Waals surface area contributed by atoms with Crippen molar-refractivity contribution >= 4 is 96.9 Å². The van der Waals surface area contributed by atoms with Crippen LogP contribution in [0.3, 0.4) is 0 Å². The van der Waals surface area contributed by atoms with Crippen molar-refractivity contribution < 1.29 is 38.2 Å².